The predicted octanol–water partition coefficient (Wildman–Crippen LogP) is 4.14. The van der Waals surface area contributed by atoms with Crippen molar-refractivity contribution in [2.24, 2.45) is 5.92 Å². The molecule has 0 aromatic rings. The molecule has 0 amide bonds. The normalized spacial score (nSPS) is 17.0. The fourth-order valence-electron chi connectivity index (χ4n) is 2.21. The second-order valence-electron chi connectivity index (χ2n) is 5.93. The van der Waals surface area contributed by atoms with Gasteiger partial charge in [-0.3, -0.25) is 0 Å². The van der Waals surface area contributed by atoms with Gasteiger partial charge in [-0.15, -0.1) is 0 Å². The molecule has 2 nitrogen and oxygen atoms in total. The lowest BCUT2D eigenvalue weighted by molar-refractivity contribution is 0.121. The SMILES string of the molecule is CCCCCCCC(C)NCCCOCC1CC1. The van der Waals surface area contributed by atoms with E-state index >= 15 is 0 Å². The van der Waals surface area contributed by atoms with Crippen molar-refractivity contribution >= 4 is 0 Å². The smallest absolute Gasteiger partial charge is 0.0494 e. The van der Waals surface area contributed by atoms with E-state index in [4.69, 9.17) is 4.74 Å². The highest BCUT2D eigenvalue weighted by atomic mass is 16.5. The molecule has 1 saturated carbocycles. The molecule has 0 radical (unpaired) electrons. The van der Waals surface area contributed by atoms with Crippen LogP contribution in [0.4, 0.5) is 0 Å². The van der Waals surface area contributed by atoms with E-state index in [0.29, 0.717) is 6.04 Å². The van der Waals surface area contributed by atoms with Crippen LogP contribution in [-0.2, 0) is 4.74 Å². The molecule has 0 aromatic heterocycles. The Morgan fingerprint density at radius 1 is 1.11 bits per heavy atom. The molecule has 2 heteroatoms. The van der Waals surface area contributed by atoms with Crippen LogP contribution in [0.5, 0.6) is 0 Å². The fourth-order valence-corrected chi connectivity index (χ4v) is 2.21. The molecule has 0 aromatic carbocycles. The fraction of sp³-hybridized carbons (Fsp3) is 1.00. The highest BCUT2D eigenvalue weighted by Crippen LogP contribution is 2.28. The Bertz CT molecular complexity index is 180. The number of nitrogens with one attached hydrogen (secondary N) is 1. The van der Waals surface area contributed by atoms with E-state index in [1.807, 2.05) is 0 Å². The van der Waals surface area contributed by atoms with Crippen molar-refractivity contribution in [2.75, 3.05) is 19.8 Å². The number of hydrogen-bond donors (Lipinski definition) is 1. The molecule has 1 aliphatic rings. The summed E-state index contributed by atoms with van der Waals surface area (Å²) >= 11 is 0. The molecule has 0 saturated heterocycles. The first-order chi connectivity index (χ1) is 8.83. The van der Waals surface area contributed by atoms with E-state index in [-0.39, 0.29) is 0 Å². The van der Waals surface area contributed by atoms with Crippen molar-refractivity contribution in [3.63, 3.8) is 0 Å². The maximum atomic E-state index is 5.62. The molecular formula is C16H33NO. The summed E-state index contributed by atoms with van der Waals surface area (Å²) in [5, 5.41) is 3.60. The van der Waals surface area contributed by atoms with Gasteiger partial charge in [0.2, 0.25) is 0 Å². The van der Waals surface area contributed by atoms with Crippen LogP contribution in [-0.4, -0.2) is 25.8 Å². The summed E-state index contributed by atoms with van der Waals surface area (Å²) < 4.78 is 5.62. The average molecular weight is 255 g/mol. The zero-order chi connectivity index (χ0) is 13.1. The monoisotopic (exact) mass is 255 g/mol. The van der Waals surface area contributed by atoms with E-state index in [9.17, 15) is 0 Å². The number of ether oxygens (including phenoxy) is 1. The van der Waals surface area contributed by atoms with Gasteiger partial charge in [-0.1, -0.05) is 39.0 Å². The third-order valence-corrected chi connectivity index (χ3v) is 3.75. The molecule has 18 heavy (non-hydrogen) atoms. The molecule has 0 heterocycles. The topological polar surface area (TPSA) is 21.3 Å². The Balaban J connectivity index is 1.73. The summed E-state index contributed by atoms with van der Waals surface area (Å²) in [6, 6.07) is 0.676. The first-order valence-corrected chi connectivity index (χ1v) is 8.14. The average Bonchev–Trinajstić information content (AvgIpc) is 3.17. The first-order valence-electron chi connectivity index (χ1n) is 8.14. The van der Waals surface area contributed by atoms with Crippen LogP contribution < -0.4 is 5.32 Å². The van der Waals surface area contributed by atoms with Gasteiger partial charge in [0, 0.05) is 19.3 Å². The minimum atomic E-state index is 0.676. The van der Waals surface area contributed by atoms with Crippen molar-refractivity contribution < 1.29 is 4.74 Å². The summed E-state index contributed by atoms with van der Waals surface area (Å²) in [7, 11) is 0. The van der Waals surface area contributed by atoms with Crippen molar-refractivity contribution in [1.82, 2.24) is 5.32 Å². The third kappa shape index (κ3) is 9.90. The largest absolute Gasteiger partial charge is 0.381 e. The molecule has 1 atom stereocenters. The van der Waals surface area contributed by atoms with Crippen molar-refractivity contribution in [3.05, 3.63) is 0 Å². The summed E-state index contributed by atoms with van der Waals surface area (Å²) in [6.45, 7) is 7.64. The Labute approximate surface area is 114 Å². The zero-order valence-electron chi connectivity index (χ0n) is 12.5. The van der Waals surface area contributed by atoms with E-state index < -0.39 is 0 Å². The van der Waals surface area contributed by atoms with Gasteiger partial charge >= 0.3 is 0 Å². The molecule has 1 fully saturated rings. The van der Waals surface area contributed by atoms with Crippen LogP contribution in [0.15, 0.2) is 0 Å². The standard InChI is InChI=1S/C16H33NO/c1-3-4-5-6-7-9-15(2)17-12-8-13-18-14-16-10-11-16/h15-17H,3-14H2,1-2H3. The van der Waals surface area contributed by atoms with Gasteiger partial charge in [0.1, 0.15) is 0 Å². The molecule has 1 N–H and O–H groups in total. The minimum Gasteiger partial charge on any atom is -0.381 e. The third-order valence-electron chi connectivity index (χ3n) is 3.75. The van der Waals surface area contributed by atoms with Crippen LogP contribution in [0.2, 0.25) is 0 Å². The lowest BCUT2D eigenvalue weighted by atomic mass is 10.1. The van der Waals surface area contributed by atoms with Gasteiger partial charge in [0.05, 0.1) is 0 Å². The molecule has 0 spiro atoms. The van der Waals surface area contributed by atoms with Crippen LogP contribution in [0.1, 0.15) is 71.6 Å². The molecule has 1 unspecified atom stereocenters. The Hall–Kier alpha value is -0.0800. The van der Waals surface area contributed by atoms with Gasteiger partial charge in [-0.05, 0) is 45.1 Å². The van der Waals surface area contributed by atoms with Crippen molar-refractivity contribution in [1.29, 1.82) is 0 Å². The van der Waals surface area contributed by atoms with Gasteiger partial charge < -0.3 is 10.1 Å². The van der Waals surface area contributed by atoms with Crippen LogP contribution in [0.25, 0.3) is 0 Å². The molecule has 0 bridgehead atoms. The lowest BCUT2D eigenvalue weighted by Crippen LogP contribution is -2.27. The van der Waals surface area contributed by atoms with E-state index in [1.54, 1.807) is 0 Å². The predicted molar refractivity (Wildman–Crippen MR) is 79.0 cm³/mol. The summed E-state index contributed by atoms with van der Waals surface area (Å²) in [5.41, 5.74) is 0. The number of hydrogen-bond acceptors (Lipinski definition) is 2. The highest BCUT2D eigenvalue weighted by Gasteiger charge is 2.20. The van der Waals surface area contributed by atoms with Gasteiger partial charge in [0.15, 0.2) is 0 Å². The first kappa shape index (κ1) is 16.0. The molecule has 1 aliphatic carbocycles. The van der Waals surface area contributed by atoms with Gasteiger partial charge in [0.25, 0.3) is 0 Å². The molecular weight excluding hydrogens is 222 g/mol. The molecule has 108 valence electrons. The maximum absolute atomic E-state index is 5.62. The number of unbranched alkanes of at least 4 members (excludes halogenated alkanes) is 4. The molecule has 1 rings (SSSR count). The van der Waals surface area contributed by atoms with E-state index in [2.05, 4.69) is 19.2 Å². The van der Waals surface area contributed by atoms with Gasteiger partial charge in [-0.25, -0.2) is 0 Å². The minimum absolute atomic E-state index is 0.676. The Morgan fingerprint density at radius 2 is 1.89 bits per heavy atom. The number of rotatable bonds is 13. The van der Waals surface area contributed by atoms with Gasteiger partial charge in [-0.2, -0.15) is 0 Å². The Morgan fingerprint density at radius 3 is 2.61 bits per heavy atom. The highest BCUT2D eigenvalue weighted by molar-refractivity contribution is 4.71. The lowest BCUT2D eigenvalue weighted by Gasteiger charge is -2.13. The zero-order valence-corrected chi connectivity index (χ0v) is 12.5. The second kappa shape index (κ2) is 10.8. The van der Waals surface area contributed by atoms with Crippen molar-refractivity contribution in [3.8, 4) is 0 Å². The molecule has 0 aliphatic heterocycles. The summed E-state index contributed by atoms with van der Waals surface area (Å²) in [6.07, 6.45) is 12.2. The van der Waals surface area contributed by atoms with Crippen molar-refractivity contribution in [2.45, 2.75) is 77.7 Å². The van der Waals surface area contributed by atoms with E-state index in [0.717, 1.165) is 32.1 Å². The Kier molecular flexibility index (Phi) is 9.59. The quantitative estimate of drug-likeness (QED) is 0.499. The van der Waals surface area contributed by atoms with Crippen LogP contribution in [0, 0.1) is 5.92 Å². The summed E-state index contributed by atoms with van der Waals surface area (Å²) in [4.78, 5) is 0. The maximum Gasteiger partial charge on any atom is 0.0494 e. The summed E-state index contributed by atoms with van der Waals surface area (Å²) in [5.74, 6) is 0.903. The second-order valence-corrected chi connectivity index (χ2v) is 5.93. The van der Waals surface area contributed by atoms with E-state index in [1.165, 1.54) is 51.4 Å². The van der Waals surface area contributed by atoms with Crippen LogP contribution in [0.3, 0.4) is 0 Å². The van der Waals surface area contributed by atoms with Crippen LogP contribution >= 0.6 is 0 Å².